The number of ether oxygens (including phenoxy) is 1. The first kappa shape index (κ1) is 21.2. The van der Waals surface area contributed by atoms with Gasteiger partial charge in [0.05, 0.1) is 27.7 Å². The number of aromatic nitrogens is 1. The Bertz CT molecular complexity index is 1120. The van der Waals surface area contributed by atoms with Crippen LogP contribution in [0.25, 0.3) is 10.4 Å². The van der Waals surface area contributed by atoms with Crippen molar-refractivity contribution in [2.24, 2.45) is 0 Å². The molecule has 7 heteroatoms. The van der Waals surface area contributed by atoms with E-state index in [4.69, 9.17) is 27.9 Å². The van der Waals surface area contributed by atoms with Crippen molar-refractivity contribution in [2.45, 2.75) is 44.9 Å². The summed E-state index contributed by atoms with van der Waals surface area (Å²) in [5, 5.41) is 12.5. The van der Waals surface area contributed by atoms with Crippen molar-refractivity contribution >= 4 is 34.5 Å². The summed E-state index contributed by atoms with van der Waals surface area (Å²) >= 11 is 14.6. The molecule has 0 saturated carbocycles. The quantitative estimate of drug-likeness (QED) is 0.515. The molecule has 1 saturated heterocycles. The van der Waals surface area contributed by atoms with Crippen molar-refractivity contribution < 1.29 is 9.84 Å². The summed E-state index contributed by atoms with van der Waals surface area (Å²) in [7, 11) is 0. The maximum Gasteiger partial charge on any atom is 0.140 e. The molecule has 0 amide bonds. The Labute approximate surface area is 196 Å². The Morgan fingerprint density at radius 3 is 2.58 bits per heavy atom. The van der Waals surface area contributed by atoms with Crippen LogP contribution in [0, 0.1) is 13.8 Å². The Morgan fingerprint density at radius 1 is 1.16 bits per heavy atom. The van der Waals surface area contributed by atoms with Crippen LogP contribution in [0.15, 0.2) is 36.4 Å². The van der Waals surface area contributed by atoms with Crippen molar-refractivity contribution in [3.05, 3.63) is 68.3 Å². The standard InChI is InChI=1S/C24H24Cl2N2O2S/c1-13-24(31-14(2)27-13)15-3-5-18(6-4-15)30-23-20-9-16(25)10-21(26)19(20)11-22(23)28-8-7-17(29)12-28/h3-6,9-10,17,22-23,29H,7-8,11-12H2,1-2H3/t17-,22+,23-/m1/s1. The molecular weight excluding hydrogens is 451 g/mol. The minimum Gasteiger partial charge on any atom is -0.484 e. The molecule has 162 valence electrons. The number of aliphatic hydroxyl groups is 1. The number of hydrogen-bond donors (Lipinski definition) is 1. The number of aryl methyl sites for hydroxylation is 2. The first-order chi connectivity index (χ1) is 14.9. The van der Waals surface area contributed by atoms with E-state index in [9.17, 15) is 5.11 Å². The number of hydrogen-bond acceptors (Lipinski definition) is 5. The number of fused-ring (bicyclic) bond motifs is 1. The van der Waals surface area contributed by atoms with Gasteiger partial charge in [0.1, 0.15) is 11.9 Å². The molecule has 2 heterocycles. The lowest BCUT2D eigenvalue weighted by atomic mass is 10.1. The lowest BCUT2D eigenvalue weighted by Gasteiger charge is -2.30. The number of likely N-dealkylation sites (tertiary alicyclic amines) is 1. The smallest absolute Gasteiger partial charge is 0.140 e. The zero-order valence-corrected chi connectivity index (χ0v) is 19.8. The predicted octanol–water partition coefficient (Wildman–Crippen LogP) is 5.85. The van der Waals surface area contributed by atoms with Gasteiger partial charge in [-0.3, -0.25) is 4.90 Å². The minimum atomic E-state index is -0.284. The fourth-order valence-corrected chi connectivity index (χ4v) is 6.29. The molecule has 5 rings (SSSR count). The second-order valence-electron chi connectivity index (χ2n) is 8.37. The molecule has 31 heavy (non-hydrogen) atoms. The van der Waals surface area contributed by atoms with Gasteiger partial charge in [0, 0.05) is 28.7 Å². The number of rotatable bonds is 4. The van der Waals surface area contributed by atoms with Gasteiger partial charge in [-0.1, -0.05) is 23.2 Å². The molecule has 1 aromatic heterocycles. The van der Waals surface area contributed by atoms with E-state index in [-0.39, 0.29) is 18.2 Å². The summed E-state index contributed by atoms with van der Waals surface area (Å²) in [5.41, 5.74) is 4.34. The number of thiazole rings is 1. The van der Waals surface area contributed by atoms with Crippen LogP contribution >= 0.6 is 34.5 Å². The second-order valence-corrected chi connectivity index (χ2v) is 10.4. The van der Waals surface area contributed by atoms with Gasteiger partial charge >= 0.3 is 0 Å². The largest absolute Gasteiger partial charge is 0.484 e. The summed E-state index contributed by atoms with van der Waals surface area (Å²) in [6.45, 7) is 5.59. The number of benzene rings is 2. The third-order valence-electron chi connectivity index (χ3n) is 6.21. The third kappa shape index (κ3) is 4.10. The highest BCUT2D eigenvalue weighted by Gasteiger charge is 2.41. The van der Waals surface area contributed by atoms with Crippen LogP contribution in [-0.2, 0) is 6.42 Å². The molecule has 1 aliphatic carbocycles. The molecule has 0 spiro atoms. The maximum atomic E-state index is 10.1. The minimum absolute atomic E-state index is 0.120. The maximum absolute atomic E-state index is 10.1. The van der Waals surface area contributed by atoms with Gasteiger partial charge in [0.15, 0.2) is 0 Å². The van der Waals surface area contributed by atoms with Crippen LogP contribution in [0.4, 0.5) is 0 Å². The summed E-state index contributed by atoms with van der Waals surface area (Å²) < 4.78 is 6.55. The van der Waals surface area contributed by atoms with E-state index in [1.807, 2.05) is 32.0 Å². The van der Waals surface area contributed by atoms with E-state index in [2.05, 4.69) is 22.0 Å². The van der Waals surface area contributed by atoms with Gasteiger partial charge < -0.3 is 9.84 Å². The van der Waals surface area contributed by atoms with Crippen LogP contribution in [-0.4, -0.2) is 40.2 Å². The lowest BCUT2D eigenvalue weighted by molar-refractivity contribution is 0.0818. The summed E-state index contributed by atoms with van der Waals surface area (Å²) in [5.74, 6) is 0.807. The van der Waals surface area contributed by atoms with Crippen molar-refractivity contribution in [3.8, 4) is 16.2 Å². The fourth-order valence-electron chi connectivity index (χ4n) is 4.78. The Morgan fingerprint density at radius 2 is 1.94 bits per heavy atom. The molecule has 3 aromatic rings. The Hall–Kier alpha value is -1.63. The second kappa shape index (κ2) is 8.38. The highest BCUT2D eigenvalue weighted by Crippen LogP contribution is 2.43. The van der Waals surface area contributed by atoms with Crippen LogP contribution in [0.2, 0.25) is 10.0 Å². The highest BCUT2D eigenvalue weighted by atomic mass is 35.5. The molecule has 4 nitrogen and oxygen atoms in total. The van der Waals surface area contributed by atoms with Crippen LogP contribution < -0.4 is 4.74 Å². The molecule has 1 N–H and O–H groups in total. The Balaban J connectivity index is 1.45. The van der Waals surface area contributed by atoms with Crippen LogP contribution in [0.1, 0.15) is 34.4 Å². The molecule has 2 aromatic carbocycles. The van der Waals surface area contributed by atoms with Gasteiger partial charge in [-0.2, -0.15) is 0 Å². The zero-order valence-electron chi connectivity index (χ0n) is 17.4. The number of halogens is 2. The van der Waals surface area contributed by atoms with E-state index in [1.54, 1.807) is 17.4 Å². The van der Waals surface area contributed by atoms with E-state index in [0.29, 0.717) is 16.6 Å². The molecule has 2 aliphatic rings. The number of aliphatic hydroxyl groups excluding tert-OH is 1. The molecule has 0 unspecified atom stereocenters. The van der Waals surface area contributed by atoms with Gasteiger partial charge in [0.25, 0.3) is 0 Å². The predicted molar refractivity (Wildman–Crippen MR) is 127 cm³/mol. The first-order valence-electron chi connectivity index (χ1n) is 10.5. The summed E-state index contributed by atoms with van der Waals surface area (Å²) in [6.07, 6.45) is 1.11. The number of nitrogens with zero attached hydrogens (tertiary/aromatic N) is 2. The van der Waals surface area contributed by atoms with E-state index >= 15 is 0 Å². The van der Waals surface area contributed by atoms with Gasteiger partial charge in [-0.05, 0) is 74.2 Å². The molecule has 3 atom stereocenters. The molecular formula is C24H24Cl2N2O2S. The van der Waals surface area contributed by atoms with Crippen LogP contribution in [0.3, 0.4) is 0 Å². The average molecular weight is 475 g/mol. The van der Waals surface area contributed by atoms with E-state index in [0.717, 1.165) is 52.5 Å². The normalized spacial score (nSPS) is 23.3. The monoisotopic (exact) mass is 474 g/mol. The van der Waals surface area contributed by atoms with E-state index < -0.39 is 0 Å². The fraction of sp³-hybridized carbons (Fsp3) is 0.375. The molecule has 0 radical (unpaired) electrons. The van der Waals surface area contributed by atoms with Crippen LogP contribution in [0.5, 0.6) is 5.75 Å². The van der Waals surface area contributed by atoms with E-state index in [1.165, 1.54) is 4.88 Å². The first-order valence-corrected chi connectivity index (χ1v) is 12.1. The van der Waals surface area contributed by atoms with Gasteiger partial charge in [-0.25, -0.2) is 4.98 Å². The van der Waals surface area contributed by atoms with Crippen molar-refractivity contribution in [2.75, 3.05) is 13.1 Å². The van der Waals surface area contributed by atoms with Crippen molar-refractivity contribution in [1.29, 1.82) is 0 Å². The van der Waals surface area contributed by atoms with Gasteiger partial charge in [0.2, 0.25) is 0 Å². The number of β-amino-alcohol motifs (C(OH)–C–C–N with tert-alkyl or cyclic N) is 1. The summed E-state index contributed by atoms with van der Waals surface area (Å²) in [4.78, 5) is 8.04. The third-order valence-corrected chi connectivity index (χ3v) is 7.89. The summed E-state index contributed by atoms with van der Waals surface area (Å²) in [6, 6.07) is 12.1. The average Bonchev–Trinajstić information content (AvgIpc) is 3.40. The molecule has 1 fully saturated rings. The SMILES string of the molecule is Cc1nc(C)c(-c2ccc(O[C@@H]3c4cc(Cl)cc(Cl)c4C[C@@H]3N3CC[C@@H](O)C3)cc2)s1. The van der Waals surface area contributed by atoms with Gasteiger partial charge in [-0.15, -0.1) is 11.3 Å². The van der Waals surface area contributed by atoms with Crippen molar-refractivity contribution in [3.63, 3.8) is 0 Å². The Kier molecular flexibility index (Phi) is 5.74. The molecule has 0 bridgehead atoms. The highest BCUT2D eigenvalue weighted by molar-refractivity contribution is 7.15. The topological polar surface area (TPSA) is 45.6 Å². The lowest BCUT2D eigenvalue weighted by Crippen LogP contribution is -2.39. The zero-order chi connectivity index (χ0) is 21.7. The van der Waals surface area contributed by atoms with Crippen molar-refractivity contribution in [1.82, 2.24) is 9.88 Å². The molecule has 1 aliphatic heterocycles.